The quantitative estimate of drug-likeness (QED) is 0.908. The second-order valence-electron chi connectivity index (χ2n) is 5.80. The lowest BCUT2D eigenvalue weighted by molar-refractivity contribution is 0.196. The van der Waals surface area contributed by atoms with Crippen molar-refractivity contribution in [2.24, 2.45) is 5.73 Å². The number of rotatable bonds is 4. The highest BCUT2D eigenvalue weighted by molar-refractivity contribution is 5.44. The van der Waals surface area contributed by atoms with E-state index in [2.05, 4.69) is 23.9 Å². The zero-order valence-corrected chi connectivity index (χ0v) is 13.5. The normalized spacial score (nSPS) is 22.6. The monoisotopic (exact) mass is 293 g/mol. The number of hydrogen-bond acceptors (Lipinski definition) is 5. The second-order valence-corrected chi connectivity index (χ2v) is 5.80. The second kappa shape index (κ2) is 7.11. The van der Waals surface area contributed by atoms with Gasteiger partial charge in [0.15, 0.2) is 11.5 Å². The first-order valence-corrected chi connectivity index (χ1v) is 7.43. The molecule has 0 aliphatic carbocycles. The summed E-state index contributed by atoms with van der Waals surface area (Å²) in [5.41, 5.74) is 7.63. The Hall–Kier alpha value is -1.30. The molecule has 0 spiro atoms. The van der Waals surface area contributed by atoms with Crippen molar-refractivity contribution in [3.63, 3.8) is 0 Å². The van der Waals surface area contributed by atoms with Gasteiger partial charge in [-0.1, -0.05) is 6.07 Å². The van der Waals surface area contributed by atoms with Crippen molar-refractivity contribution >= 4 is 0 Å². The molecule has 1 aromatic carbocycles. The average molecular weight is 293 g/mol. The van der Waals surface area contributed by atoms with Crippen molar-refractivity contribution in [1.82, 2.24) is 9.80 Å². The van der Waals surface area contributed by atoms with E-state index in [1.54, 1.807) is 14.2 Å². The van der Waals surface area contributed by atoms with E-state index in [1.165, 1.54) is 6.42 Å². The van der Waals surface area contributed by atoms with E-state index in [0.29, 0.717) is 6.04 Å². The highest BCUT2D eigenvalue weighted by Gasteiger charge is 2.27. The van der Waals surface area contributed by atoms with E-state index in [0.717, 1.165) is 36.7 Å². The minimum Gasteiger partial charge on any atom is -0.493 e. The molecule has 2 atom stereocenters. The van der Waals surface area contributed by atoms with Crippen molar-refractivity contribution in [3.8, 4) is 11.5 Å². The van der Waals surface area contributed by atoms with Crippen LogP contribution in [0.4, 0.5) is 0 Å². The van der Waals surface area contributed by atoms with Gasteiger partial charge in [-0.3, -0.25) is 0 Å². The molecule has 2 rings (SSSR count). The maximum atomic E-state index is 6.54. The van der Waals surface area contributed by atoms with Gasteiger partial charge < -0.3 is 25.0 Å². The summed E-state index contributed by atoms with van der Waals surface area (Å²) in [5.74, 6) is 1.47. The highest BCUT2D eigenvalue weighted by Crippen LogP contribution is 2.31. The summed E-state index contributed by atoms with van der Waals surface area (Å²) in [7, 11) is 7.61. The maximum absolute atomic E-state index is 6.54. The summed E-state index contributed by atoms with van der Waals surface area (Å²) in [6.07, 6.45) is 1.18. The van der Waals surface area contributed by atoms with Gasteiger partial charge in [0.2, 0.25) is 0 Å². The Balaban J connectivity index is 2.23. The molecule has 0 bridgehead atoms. The first kappa shape index (κ1) is 16.1. The molecular weight excluding hydrogens is 266 g/mol. The third-order valence-corrected chi connectivity index (χ3v) is 4.32. The number of hydrogen-bond donors (Lipinski definition) is 1. The molecule has 0 amide bonds. The lowest BCUT2D eigenvalue weighted by Gasteiger charge is -2.32. The van der Waals surface area contributed by atoms with Gasteiger partial charge in [-0.05, 0) is 51.3 Å². The molecule has 21 heavy (non-hydrogen) atoms. The SMILES string of the molecule is COc1ccc(C(N)C2CN(C)CCCN2C)cc1OC. The molecule has 0 radical (unpaired) electrons. The minimum absolute atomic E-state index is 0.0460. The fourth-order valence-electron chi connectivity index (χ4n) is 2.98. The van der Waals surface area contributed by atoms with Crippen LogP contribution in [-0.4, -0.2) is 63.8 Å². The standard InChI is InChI=1S/C16H27N3O2/c1-18-8-5-9-19(2)13(11-18)16(17)12-6-7-14(20-3)15(10-12)21-4/h6-7,10,13,16H,5,8-9,11,17H2,1-4H3. The summed E-state index contributed by atoms with van der Waals surface area (Å²) in [5, 5.41) is 0. The molecule has 0 saturated carbocycles. The van der Waals surface area contributed by atoms with Gasteiger partial charge in [0.25, 0.3) is 0 Å². The van der Waals surface area contributed by atoms with E-state index in [4.69, 9.17) is 15.2 Å². The molecule has 2 N–H and O–H groups in total. The molecule has 5 nitrogen and oxygen atoms in total. The van der Waals surface area contributed by atoms with Gasteiger partial charge >= 0.3 is 0 Å². The van der Waals surface area contributed by atoms with Crippen molar-refractivity contribution in [1.29, 1.82) is 0 Å². The molecule has 1 heterocycles. The lowest BCUT2D eigenvalue weighted by atomic mass is 9.98. The van der Waals surface area contributed by atoms with E-state index in [1.807, 2.05) is 18.2 Å². The fraction of sp³-hybridized carbons (Fsp3) is 0.625. The van der Waals surface area contributed by atoms with Crippen LogP contribution in [0.5, 0.6) is 11.5 Å². The molecule has 1 aliphatic heterocycles. The van der Waals surface area contributed by atoms with Gasteiger partial charge in [0.05, 0.1) is 14.2 Å². The van der Waals surface area contributed by atoms with Crippen LogP contribution in [0, 0.1) is 0 Å². The van der Waals surface area contributed by atoms with Gasteiger partial charge in [-0.2, -0.15) is 0 Å². The molecule has 2 unspecified atom stereocenters. The van der Waals surface area contributed by atoms with E-state index in [9.17, 15) is 0 Å². The van der Waals surface area contributed by atoms with Crippen LogP contribution in [0.3, 0.4) is 0 Å². The van der Waals surface area contributed by atoms with Crippen LogP contribution in [0.1, 0.15) is 18.0 Å². The van der Waals surface area contributed by atoms with Gasteiger partial charge in [0.1, 0.15) is 0 Å². The molecule has 1 saturated heterocycles. The third kappa shape index (κ3) is 3.67. The van der Waals surface area contributed by atoms with Crippen molar-refractivity contribution in [3.05, 3.63) is 23.8 Å². The zero-order chi connectivity index (χ0) is 15.4. The molecule has 1 aromatic rings. The molecule has 1 fully saturated rings. The Morgan fingerprint density at radius 1 is 1.14 bits per heavy atom. The van der Waals surface area contributed by atoms with Crippen LogP contribution < -0.4 is 15.2 Å². The Morgan fingerprint density at radius 3 is 2.52 bits per heavy atom. The number of nitrogens with two attached hydrogens (primary N) is 1. The average Bonchev–Trinajstić information content (AvgIpc) is 2.67. The summed E-state index contributed by atoms with van der Waals surface area (Å²) >= 11 is 0. The Labute approximate surface area is 127 Å². The number of ether oxygens (including phenoxy) is 2. The fourth-order valence-corrected chi connectivity index (χ4v) is 2.98. The van der Waals surface area contributed by atoms with E-state index < -0.39 is 0 Å². The smallest absolute Gasteiger partial charge is 0.161 e. The van der Waals surface area contributed by atoms with Crippen LogP contribution in [0.25, 0.3) is 0 Å². The Bertz CT molecular complexity index is 467. The van der Waals surface area contributed by atoms with Crippen LogP contribution >= 0.6 is 0 Å². The Kier molecular flexibility index (Phi) is 5.45. The van der Waals surface area contributed by atoms with Crippen molar-refractivity contribution < 1.29 is 9.47 Å². The van der Waals surface area contributed by atoms with E-state index in [-0.39, 0.29) is 6.04 Å². The van der Waals surface area contributed by atoms with Crippen molar-refractivity contribution in [2.75, 3.05) is 47.9 Å². The largest absolute Gasteiger partial charge is 0.493 e. The topological polar surface area (TPSA) is 51.0 Å². The van der Waals surface area contributed by atoms with Crippen LogP contribution in [0.2, 0.25) is 0 Å². The number of methoxy groups -OCH3 is 2. The summed E-state index contributed by atoms with van der Waals surface area (Å²) in [6.45, 7) is 3.18. The highest BCUT2D eigenvalue weighted by atomic mass is 16.5. The lowest BCUT2D eigenvalue weighted by Crippen LogP contribution is -2.45. The number of benzene rings is 1. The molecule has 1 aliphatic rings. The number of likely N-dealkylation sites (N-methyl/N-ethyl adjacent to an activating group) is 2. The molecule has 118 valence electrons. The van der Waals surface area contributed by atoms with Crippen LogP contribution in [-0.2, 0) is 0 Å². The zero-order valence-electron chi connectivity index (χ0n) is 13.5. The van der Waals surface area contributed by atoms with E-state index >= 15 is 0 Å². The Morgan fingerprint density at radius 2 is 1.86 bits per heavy atom. The maximum Gasteiger partial charge on any atom is 0.161 e. The van der Waals surface area contributed by atoms with Gasteiger partial charge in [0, 0.05) is 18.6 Å². The van der Waals surface area contributed by atoms with Crippen LogP contribution in [0.15, 0.2) is 18.2 Å². The predicted molar refractivity (Wildman–Crippen MR) is 85.0 cm³/mol. The molecular formula is C16H27N3O2. The molecule has 5 heteroatoms. The summed E-state index contributed by atoms with van der Waals surface area (Å²) in [4.78, 5) is 4.72. The number of nitrogens with zero attached hydrogens (tertiary/aromatic N) is 2. The predicted octanol–water partition coefficient (Wildman–Crippen LogP) is 1.34. The molecule has 0 aromatic heterocycles. The first-order chi connectivity index (χ1) is 10.1. The first-order valence-electron chi connectivity index (χ1n) is 7.43. The summed E-state index contributed by atoms with van der Waals surface area (Å²) in [6, 6.07) is 6.20. The third-order valence-electron chi connectivity index (χ3n) is 4.32. The summed E-state index contributed by atoms with van der Waals surface area (Å²) < 4.78 is 10.7. The van der Waals surface area contributed by atoms with Gasteiger partial charge in [-0.25, -0.2) is 0 Å². The van der Waals surface area contributed by atoms with Crippen molar-refractivity contribution in [2.45, 2.75) is 18.5 Å². The minimum atomic E-state index is -0.0460. The van der Waals surface area contributed by atoms with Gasteiger partial charge in [-0.15, -0.1) is 0 Å².